The normalized spacial score (nSPS) is 17.1. The summed E-state index contributed by atoms with van der Waals surface area (Å²) < 4.78 is 37.1. The van der Waals surface area contributed by atoms with E-state index in [4.69, 9.17) is 14.6 Å². The summed E-state index contributed by atoms with van der Waals surface area (Å²) in [5.74, 6) is -2.52. The second-order valence-corrected chi connectivity index (χ2v) is 8.84. The number of amides is 2. The number of aromatic nitrogens is 2. The van der Waals surface area contributed by atoms with Gasteiger partial charge in [-0.2, -0.15) is 13.2 Å². The molecule has 2 amide bonds. The van der Waals surface area contributed by atoms with Crippen LogP contribution in [0.3, 0.4) is 0 Å². The molecular weight excluding hydrogens is 505 g/mol. The highest BCUT2D eigenvalue weighted by atomic mass is 19.4. The number of aromatic amines is 1. The molecule has 2 aliphatic rings. The highest BCUT2D eigenvalue weighted by Crippen LogP contribution is 2.30. The zero-order valence-electron chi connectivity index (χ0n) is 20.3. The number of alkyl halides is 3. The summed E-state index contributed by atoms with van der Waals surface area (Å²) in [5.41, 5.74) is 5.96. The second kappa shape index (κ2) is 11.1. The number of nitrogens with zero attached hydrogens (tertiary/aromatic N) is 2. The van der Waals surface area contributed by atoms with Gasteiger partial charge in [0.1, 0.15) is 0 Å². The van der Waals surface area contributed by atoms with Crippen LogP contribution in [0.15, 0.2) is 48.7 Å². The first-order valence-corrected chi connectivity index (χ1v) is 11.8. The minimum Gasteiger partial charge on any atom is -0.475 e. The number of halogens is 3. The number of benzene rings is 1. The van der Waals surface area contributed by atoms with Gasteiger partial charge in [-0.3, -0.25) is 14.6 Å². The van der Waals surface area contributed by atoms with Gasteiger partial charge in [0.05, 0.1) is 24.5 Å². The molecule has 0 radical (unpaired) electrons. The van der Waals surface area contributed by atoms with Gasteiger partial charge in [0.25, 0.3) is 11.8 Å². The quantitative estimate of drug-likeness (QED) is 0.475. The van der Waals surface area contributed by atoms with Crippen molar-refractivity contribution in [3.05, 3.63) is 65.5 Å². The van der Waals surface area contributed by atoms with Gasteiger partial charge in [-0.05, 0) is 30.3 Å². The van der Waals surface area contributed by atoms with E-state index in [0.29, 0.717) is 44.0 Å². The van der Waals surface area contributed by atoms with Crippen molar-refractivity contribution in [3.8, 4) is 22.5 Å². The van der Waals surface area contributed by atoms with Crippen molar-refractivity contribution >= 4 is 17.8 Å². The molecule has 3 aromatic rings. The molecule has 12 heteroatoms. The molecule has 200 valence electrons. The topological polar surface area (TPSA) is 125 Å². The molecule has 2 aliphatic heterocycles. The van der Waals surface area contributed by atoms with Crippen LogP contribution in [-0.4, -0.2) is 76.8 Å². The lowest BCUT2D eigenvalue weighted by Gasteiger charge is -2.26. The first kappa shape index (κ1) is 26.9. The summed E-state index contributed by atoms with van der Waals surface area (Å²) in [7, 11) is 0. The lowest BCUT2D eigenvalue weighted by Crippen LogP contribution is -2.40. The number of aliphatic carboxylic acids is 1. The summed E-state index contributed by atoms with van der Waals surface area (Å²) >= 11 is 0. The summed E-state index contributed by atoms with van der Waals surface area (Å²) in [6.45, 7) is 5.16. The lowest BCUT2D eigenvalue weighted by molar-refractivity contribution is -0.192. The zero-order valence-corrected chi connectivity index (χ0v) is 20.3. The number of carbonyl (C=O) groups excluding carboxylic acids is 2. The lowest BCUT2D eigenvalue weighted by atomic mass is 9.99. The Morgan fingerprint density at radius 1 is 1.08 bits per heavy atom. The van der Waals surface area contributed by atoms with Crippen molar-refractivity contribution < 1.29 is 37.4 Å². The van der Waals surface area contributed by atoms with Crippen LogP contribution in [0.2, 0.25) is 0 Å². The molecule has 1 atom stereocenters. The molecule has 0 bridgehead atoms. The number of nitrogens with one attached hydrogen (secondary N) is 2. The van der Waals surface area contributed by atoms with E-state index >= 15 is 0 Å². The van der Waals surface area contributed by atoms with Crippen molar-refractivity contribution in [2.75, 3.05) is 32.8 Å². The average Bonchev–Trinajstić information content (AvgIpc) is 3.38. The molecular formula is C26H25F3N4O5. The van der Waals surface area contributed by atoms with E-state index in [2.05, 4.69) is 22.2 Å². The Morgan fingerprint density at radius 2 is 1.74 bits per heavy atom. The molecule has 4 heterocycles. The van der Waals surface area contributed by atoms with Crippen molar-refractivity contribution in [2.45, 2.75) is 19.0 Å². The van der Waals surface area contributed by atoms with Crippen LogP contribution >= 0.6 is 0 Å². The monoisotopic (exact) mass is 530 g/mol. The van der Waals surface area contributed by atoms with Crippen molar-refractivity contribution in [3.63, 3.8) is 0 Å². The van der Waals surface area contributed by atoms with Crippen LogP contribution in [0.1, 0.15) is 39.3 Å². The first-order chi connectivity index (χ1) is 18.0. The Bertz CT molecular complexity index is 1330. The van der Waals surface area contributed by atoms with Gasteiger partial charge in [-0.15, -0.1) is 0 Å². The van der Waals surface area contributed by atoms with E-state index in [-0.39, 0.29) is 17.7 Å². The third-order valence-electron chi connectivity index (χ3n) is 6.19. The number of rotatable bonds is 3. The molecule has 1 saturated heterocycles. The minimum absolute atomic E-state index is 0.0286. The largest absolute Gasteiger partial charge is 0.490 e. The van der Waals surface area contributed by atoms with Crippen molar-refractivity contribution in [2.24, 2.45) is 0 Å². The molecule has 5 rings (SSSR count). The predicted molar refractivity (Wildman–Crippen MR) is 131 cm³/mol. The molecule has 0 aliphatic carbocycles. The maximum absolute atomic E-state index is 12.7. The predicted octanol–water partition coefficient (Wildman–Crippen LogP) is 3.70. The SMILES string of the molecule is CC1CNC(=O)c2cc(-c3ccnc(-c4ccc(C(=O)N5CCOCC5)cc4)c3)[nH]c21.O=C(O)C(F)(F)F. The standard InChI is InChI=1S/C24H24N4O3.C2HF3O2/c1-15-14-26-23(29)19-13-21(27-22(15)19)18-6-7-25-20(12-18)16-2-4-17(5-3-16)24(30)28-8-10-31-11-9-28;3-2(4,5)1(6)7/h2-7,12-13,15,27H,8-11,14H2,1H3,(H,26,29);(H,6,7). The van der Waals surface area contributed by atoms with Gasteiger partial charge in [0.15, 0.2) is 0 Å². The highest BCUT2D eigenvalue weighted by Gasteiger charge is 2.38. The molecule has 2 aromatic heterocycles. The average molecular weight is 531 g/mol. The second-order valence-electron chi connectivity index (χ2n) is 8.84. The Morgan fingerprint density at radius 3 is 2.34 bits per heavy atom. The first-order valence-electron chi connectivity index (χ1n) is 11.8. The summed E-state index contributed by atoms with van der Waals surface area (Å²) in [6, 6.07) is 13.4. The van der Waals surface area contributed by atoms with E-state index in [0.717, 1.165) is 28.2 Å². The van der Waals surface area contributed by atoms with Gasteiger partial charge in [-0.25, -0.2) is 4.79 Å². The van der Waals surface area contributed by atoms with Gasteiger partial charge in [0, 0.05) is 59.8 Å². The molecule has 38 heavy (non-hydrogen) atoms. The number of ether oxygens (including phenoxy) is 1. The summed E-state index contributed by atoms with van der Waals surface area (Å²) in [5, 5.41) is 10.0. The number of carboxylic acids is 1. The van der Waals surface area contributed by atoms with Crippen LogP contribution in [0, 0.1) is 0 Å². The van der Waals surface area contributed by atoms with Crippen LogP contribution in [0.25, 0.3) is 22.5 Å². The zero-order chi connectivity index (χ0) is 27.4. The van der Waals surface area contributed by atoms with E-state index in [1.165, 1.54) is 0 Å². The maximum Gasteiger partial charge on any atom is 0.490 e. The third kappa shape index (κ3) is 6.02. The number of carboxylic acid groups (broad SMARTS) is 1. The summed E-state index contributed by atoms with van der Waals surface area (Å²) in [6.07, 6.45) is -3.32. The third-order valence-corrected chi connectivity index (χ3v) is 6.19. The molecule has 1 fully saturated rings. The highest BCUT2D eigenvalue weighted by molar-refractivity contribution is 5.98. The fourth-order valence-electron chi connectivity index (χ4n) is 4.13. The maximum atomic E-state index is 12.7. The van der Waals surface area contributed by atoms with Crippen molar-refractivity contribution in [1.82, 2.24) is 20.2 Å². The number of hydrogen-bond donors (Lipinski definition) is 3. The van der Waals surface area contributed by atoms with E-state index in [9.17, 15) is 22.8 Å². The minimum atomic E-state index is -5.08. The number of morpholine rings is 1. The number of pyridine rings is 1. The molecule has 0 saturated carbocycles. The molecule has 3 N–H and O–H groups in total. The van der Waals surface area contributed by atoms with E-state index in [1.54, 1.807) is 6.20 Å². The molecule has 1 unspecified atom stereocenters. The van der Waals surface area contributed by atoms with Gasteiger partial charge >= 0.3 is 12.1 Å². The van der Waals surface area contributed by atoms with E-state index in [1.807, 2.05) is 47.4 Å². The Balaban J connectivity index is 0.000000426. The smallest absolute Gasteiger partial charge is 0.475 e. The Labute approximate surface area is 215 Å². The summed E-state index contributed by atoms with van der Waals surface area (Å²) in [4.78, 5) is 43.5. The molecule has 0 spiro atoms. The Hall–Kier alpha value is -4.19. The fraction of sp³-hybridized carbons (Fsp3) is 0.308. The fourth-order valence-corrected chi connectivity index (χ4v) is 4.13. The van der Waals surface area contributed by atoms with Gasteiger partial charge < -0.3 is 25.0 Å². The molecule has 9 nitrogen and oxygen atoms in total. The number of hydrogen-bond acceptors (Lipinski definition) is 5. The van der Waals surface area contributed by atoms with Crippen LogP contribution in [-0.2, 0) is 9.53 Å². The van der Waals surface area contributed by atoms with Crippen LogP contribution in [0.4, 0.5) is 13.2 Å². The number of fused-ring (bicyclic) bond motifs is 1. The Kier molecular flexibility index (Phi) is 7.81. The number of carbonyl (C=O) groups is 3. The van der Waals surface area contributed by atoms with Crippen LogP contribution in [0.5, 0.6) is 0 Å². The molecule has 1 aromatic carbocycles. The van der Waals surface area contributed by atoms with Crippen LogP contribution < -0.4 is 5.32 Å². The van der Waals surface area contributed by atoms with E-state index < -0.39 is 12.1 Å². The number of H-pyrrole nitrogens is 1. The van der Waals surface area contributed by atoms with Crippen molar-refractivity contribution in [1.29, 1.82) is 0 Å². The van der Waals surface area contributed by atoms with Gasteiger partial charge in [-0.1, -0.05) is 19.1 Å². The van der Waals surface area contributed by atoms with Gasteiger partial charge in [0.2, 0.25) is 0 Å².